The predicted molar refractivity (Wildman–Crippen MR) is 108 cm³/mol. The minimum absolute atomic E-state index is 0.143. The summed E-state index contributed by atoms with van der Waals surface area (Å²) in [7, 11) is 0. The smallest absolute Gasteiger partial charge is 0.234 e. The van der Waals surface area contributed by atoms with Crippen LogP contribution < -0.4 is 10.6 Å². The van der Waals surface area contributed by atoms with Crippen LogP contribution in [0.4, 0.5) is 0 Å². The van der Waals surface area contributed by atoms with E-state index in [1.54, 1.807) is 0 Å². The zero-order valence-corrected chi connectivity index (χ0v) is 16.4. The second kappa shape index (κ2) is 9.67. The molecule has 2 aromatic rings. The molecule has 1 fully saturated rings. The largest absolute Gasteiger partial charge is 0.355 e. The molecule has 27 heavy (non-hydrogen) atoms. The van der Waals surface area contributed by atoms with E-state index in [1.807, 2.05) is 6.20 Å². The normalized spacial score (nSPS) is 15.8. The molecule has 1 aromatic heterocycles. The summed E-state index contributed by atoms with van der Waals surface area (Å²) in [6, 6.07) is 9.00. The maximum absolute atomic E-state index is 11.8. The standard InChI is InChI=1S/C21H31N5O/c1-3-10-22-20(27)15-26-11-8-19(9-12-26)23-13-18-14-24-25-21(18)17-6-4-16(2)5-7-17/h4-7,14,19,23H,3,8-13,15H2,1-2H3,(H,22,27)(H,24,25). The van der Waals surface area contributed by atoms with Gasteiger partial charge < -0.3 is 10.6 Å². The molecule has 1 aliphatic rings. The average molecular weight is 370 g/mol. The zero-order valence-electron chi connectivity index (χ0n) is 16.4. The fourth-order valence-electron chi connectivity index (χ4n) is 3.49. The van der Waals surface area contributed by atoms with Gasteiger partial charge in [-0.25, -0.2) is 0 Å². The molecule has 1 aliphatic heterocycles. The molecule has 1 amide bonds. The van der Waals surface area contributed by atoms with E-state index >= 15 is 0 Å². The highest BCUT2D eigenvalue weighted by Gasteiger charge is 2.20. The van der Waals surface area contributed by atoms with Gasteiger partial charge in [0.2, 0.25) is 5.91 Å². The number of rotatable bonds is 8. The molecule has 2 heterocycles. The lowest BCUT2D eigenvalue weighted by molar-refractivity contribution is -0.122. The Bertz CT molecular complexity index is 716. The lowest BCUT2D eigenvalue weighted by atomic mass is 10.0. The number of H-pyrrole nitrogens is 1. The van der Waals surface area contributed by atoms with Crippen LogP contribution in [0.5, 0.6) is 0 Å². The van der Waals surface area contributed by atoms with Crippen molar-refractivity contribution in [3.8, 4) is 11.3 Å². The van der Waals surface area contributed by atoms with Crippen LogP contribution in [0.2, 0.25) is 0 Å². The lowest BCUT2D eigenvalue weighted by Gasteiger charge is -2.32. The number of nitrogens with one attached hydrogen (secondary N) is 3. The van der Waals surface area contributed by atoms with Gasteiger partial charge in [-0.3, -0.25) is 14.8 Å². The number of carbonyl (C=O) groups excluding carboxylic acids is 1. The summed E-state index contributed by atoms with van der Waals surface area (Å²) in [5, 5.41) is 14.0. The number of aromatic nitrogens is 2. The second-order valence-corrected chi connectivity index (χ2v) is 7.42. The zero-order chi connectivity index (χ0) is 19.1. The fourth-order valence-corrected chi connectivity index (χ4v) is 3.49. The summed E-state index contributed by atoms with van der Waals surface area (Å²) in [6.45, 7) is 8.19. The van der Waals surface area contributed by atoms with Crippen LogP contribution in [0.15, 0.2) is 30.5 Å². The van der Waals surface area contributed by atoms with Crippen LogP contribution >= 0.6 is 0 Å². The highest BCUT2D eigenvalue weighted by molar-refractivity contribution is 5.77. The summed E-state index contributed by atoms with van der Waals surface area (Å²) >= 11 is 0. The Balaban J connectivity index is 1.45. The number of carbonyl (C=O) groups is 1. The van der Waals surface area contributed by atoms with Crippen molar-refractivity contribution in [2.45, 2.75) is 45.7 Å². The molecule has 0 atom stereocenters. The molecule has 0 spiro atoms. The number of likely N-dealkylation sites (tertiary alicyclic amines) is 1. The first kappa shape index (κ1) is 19.6. The van der Waals surface area contributed by atoms with Gasteiger partial charge in [0.1, 0.15) is 0 Å². The number of piperidine rings is 1. The number of hydrogen-bond donors (Lipinski definition) is 3. The van der Waals surface area contributed by atoms with E-state index in [0.717, 1.165) is 51.1 Å². The van der Waals surface area contributed by atoms with Gasteiger partial charge in [0.15, 0.2) is 0 Å². The topological polar surface area (TPSA) is 73.1 Å². The minimum atomic E-state index is 0.143. The van der Waals surface area contributed by atoms with E-state index in [1.165, 1.54) is 16.7 Å². The maximum atomic E-state index is 11.8. The molecule has 6 heteroatoms. The first-order valence-corrected chi connectivity index (χ1v) is 9.97. The van der Waals surface area contributed by atoms with Crippen LogP contribution in [0, 0.1) is 6.92 Å². The molecule has 6 nitrogen and oxygen atoms in total. The number of aryl methyl sites for hydroxylation is 1. The van der Waals surface area contributed by atoms with E-state index in [0.29, 0.717) is 12.6 Å². The number of benzene rings is 1. The molecule has 146 valence electrons. The molecular weight excluding hydrogens is 338 g/mol. The predicted octanol–water partition coefficient (Wildman–Crippen LogP) is 2.47. The molecule has 3 rings (SSSR count). The molecule has 0 saturated carbocycles. The van der Waals surface area contributed by atoms with Gasteiger partial charge >= 0.3 is 0 Å². The van der Waals surface area contributed by atoms with Crippen LogP contribution in [-0.4, -0.2) is 53.2 Å². The fraction of sp³-hybridized carbons (Fsp3) is 0.524. The van der Waals surface area contributed by atoms with E-state index in [2.05, 4.69) is 63.8 Å². The minimum Gasteiger partial charge on any atom is -0.355 e. The molecule has 0 aliphatic carbocycles. The van der Waals surface area contributed by atoms with Crippen LogP contribution in [0.1, 0.15) is 37.3 Å². The van der Waals surface area contributed by atoms with Crippen molar-refractivity contribution in [3.05, 3.63) is 41.6 Å². The van der Waals surface area contributed by atoms with Crippen molar-refractivity contribution >= 4 is 5.91 Å². The van der Waals surface area contributed by atoms with Gasteiger partial charge in [-0.2, -0.15) is 5.10 Å². The molecular formula is C21H31N5O. The quantitative estimate of drug-likeness (QED) is 0.668. The first-order valence-electron chi connectivity index (χ1n) is 9.97. The third kappa shape index (κ3) is 5.65. The van der Waals surface area contributed by atoms with Crippen molar-refractivity contribution in [2.75, 3.05) is 26.2 Å². The van der Waals surface area contributed by atoms with Gasteiger partial charge in [-0.05, 0) is 31.7 Å². The van der Waals surface area contributed by atoms with Gasteiger partial charge in [-0.1, -0.05) is 36.8 Å². The third-order valence-corrected chi connectivity index (χ3v) is 5.17. The Morgan fingerprint density at radius 3 is 2.70 bits per heavy atom. The van der Waals surface area contributed by atoms with Crippen molar-refractivity contribution in [1.29, 1.82) is 0 Å². The van der Waals surface area contributed by atoms with Gasteiger partial charge in [0.25, 0.3) is 0 Å². The maximum Gasteiger partial charge on any atom is 0.234 e. The Morgan fingerprint density at radius 1 is 1.26 bits per heavy atom. The summed E-state index contributed by atoms with van der Waals surface area (Å²) in [5.41, 5.74) is 4.71. The van der Waals surface area contributed by atoms with Crippen molar-refractivity contribution in [1.82, 2.24) is 25.7 Å². The Morgan fingerprint density at radius 2 is 2.00 bits per heavy atom. The van der Waals surface area contributed by atoms with Crippen LogP contribution in [-0.2, 0) is 11.3 Å². The average Bonchev–Trinajstić information content (AvgIpc) is 3.15. The molecule has 0 unspecified atom stereocenters. The van der Waals surface area contributed by atoms with Crippen LogP contribution in [0.3, 0.4) is 0 Å². The van der Waals surface area contributed by atoms with Crippen LogP contribution in [0.25, 0.3) is 11.3 Å². The Kier molecular flexibility index (Phi) is 7.01. The second-order valence-electron chi connectivity index (χ2n) is 7.42. The molecule has 0 radical (unpaired) electrons. The number of nitrogens with zero attached hydrogens (tertiary/aromatic N) is 2. The Hall–Kier alpha value is -2.18. The van der Waals surface area contributed by atoms with Crippen molar-refractivity contribution in [2.24, 2.45) is 0 Å². The van der Waals surface area contributed by atoms with E-state index in [4.69, 9.17) is 0 Å². The van der Waals surface area contributed by atoms with Crippen molar-refractivity contribution < 1.29 is 4.79 Å². The third-order valence-electron chi connectivity index (χ3n) is 5.17. The molecule has 1 saturated heterocycles. The summed E-state index contributed by atoms with van der Waals surface area (Å²) in [4.78, 5) is 14.1. The van der Waals surface area contributed by atoms with Gasteiger partial charge in [0.05, 0.1) is 18.4 Å². The number of amides is 1. The van der Waals surface area contributed by atoms with Crippen molar-refractivity contribution in [3.63, 3.8) is 0 Å². The number of hydrogen-bond acceptors (Lipinski definition) is 4. The highest BCUT2D eigenvalue weighted by atomic mass is 16.2. The molecule has 0 bridgehead atoms. The van der Waals surface area contributed by atoms with E-state index < -0.39 is 0 Å². The lowest BCUT2D eigenvalue weighted by Crippen LogP contribution is -2.46. The monoisotopic (exact) mass is 369 g/mol. The summed E-state index contributed by atoms with van der Waals surface area (Å²) in [5.74, 6) is 0.143. The van der Waals surface area contributed by atoms with Gasteiger partial charge in [0, 0.05) is 37.8 Å². The summed E-state index contributed by atoms with van der Waals surface area (Å²) < 4.78 is 0. The first-order chi connectivity index (χ1) is 13.2. The Labute approximate surface area is 161 Å². The van der Waals surface area contributed by atoms with Gasteiger partial charge in [-0.15, -0.1) is 0 Å². The number of aromatic amines is 1. The van der Waals surface area contributed by atoms with E-state index in [-0.39, 0.29) is 5.91 Å². The van der Waals surface area contributed by atoms with E-state index in [9.17, 15) is 4.79 Å². The molecule has 3 N–H and O–H groups in total. The summed E-state index contributed by atoms with van der Waals surface area (Å²) in [6.07, 6.45) is 5.03. The molecule has 1 aromatic carbocycles. The highest BCUT2D eigenvalue weighted by Crippen LogP contribution is 2.22. The SMILES string of the molecule is CCCNC(=O)CN1CCC(NCc2cn[nH]c2-c2ccc(C)cc2)CC1.